The van der Waals surface area contributed by atoms with Crippen molar-refractivity contribution in [2.45, 2.75) is 38.6 Å². The van der Waals surface area contributed by atoms with Crippen LogP contribution in [0.2, 0.25) is 0 Å². The minimum Gasteiger partial charge on any atom is -0.497 e. The number of carbonyl (C=O) groups is 2. The molecular weight excluding hydrogens is 404 g/mol. The number of likely N-dealkylation sites (tertiary alicyclic amines) is 2. The third kappa shape index (κ3) is 4.45. The lowest BCUT2D eigenvalue weighted by Gasteiger charge is -2.35. The van der Waals surface area contributed by atoms with Crippen LogP contribution in [0.1, 0.15) is 53.2 Å². The van der Waals surface area contributed by atoms with Gasteiger partial charge in [-0.3, -0.25) is 9.59 Å². The van der Waals surface area contributed by atoms with Gasteiger partial charge in [-0.25, -0.2) is 0 Å². The molecule has 0 N–H and O–H groups in total. The van der Waals surface area contributed by atoms with Crippen LogP contribution in [-0.4, -0.2) is 55.5 Å². The van der Waals surface area contributed by atoms with Crippen LogP contribution in [0.4, 0.5) is 0 Å². The van der Waals surface area contributed by atoms with Gasteiger partial charge in [0.05, 0.1) is 20.3 Å². The van der Waals surface area contributed by atoms with Gasteiger partial charge in [-0.2, -0.15) is 0 Å². The van der Waals surface area contributed by atoms with Crippen molar-refractivity contribution >= 4 is 11.8 Å². The van der Waals surface area contributed by atoms with Crippen LogP contribution in [-0.2, 0) is 4.79 Å². The predicted octanol–water partition coefficient (Wildman–Crippen LogP) is 4.23. The first-order chi connectivity index (χ1) is 15.5. The molecule has 0 aromatic heterocycles. The number of benzene rings is 2. The molecular formula is C26H32N2O4. The van der Waals surface area contributed by atoms with E-state index in [2.05, 4.69) is 30.0 Å². The van der Waals surface area contributed by atoms with Gasteiger partial charge in [0.1, 0.15) is 11.5 Å². The summed E-state index contributed by atoms with van der Waals surface area (Å²) in [6.45, 7) is 4.10. The number of nitrogens with zero attached hydrogens (tertiary/aromatic N) is 2. The highest BCUT2D eigenvalue weighted by molar-refractivity contribution is 5.95. The highest BCUT2D eigenvalue weighted by Gasteiger charge is 2.36. The van der Waals surface area contributed by atoms with Crippen molar-refractivity contribution in [2.75, 3.05) is 33.9 Å². The molecule has 32 heavy (non-hydrogen) atoms. The molecule has 2 aliphatic heterocycles. The molecule has 1 unspecified atom stereocenters. The standard InChI is InChI=1S/C26H32N2O4/c1-18-7-4-5-8-23(18)24-9-6-12-28(24)26(30)19-10-13-27(14-11-19)25(29)20-15-21(31-2)17-22(16-20)32-3/h4-5,7-8,15-17,19,24H,6,9-14H2,1-3H3. The van der Waals surface area contributed by atoms with Gasteiger partial charge in [0, 0.05) is 37.2 Å². The number of hydrogen-bond acceptors (Lipinski definition) is 4. The van der Waals surface area contributed by atoms with Gasteiger partial charge < -0.3 is 19.3 Å². The van der Waals surface area contributed by atoms with Crippen LogP contribution in [0.5, 0.6) is 11.5 Å². The predicted molar refractivity (Wildman–Crippen MR) is 123 cm³/mol. The summed E-state index contributed by atoms with van der Waals surface area (Å²) in [5.41, 5.74) is 3.05. The van der Waals surface area contributed by atoms with E-state index in [0.29, 0.717) is 43.0 Å². The summed E-state index contributed by atoms with van der Waals surface area (Å²) < 4.78 is 10.6. The monoisotopic (exact) mass is 436 g/mol. The minimum atomic E-state index is -0.0490. The minimum absolute atomic E-state index is 0.0245. The van der Waals surface area contributed by atoms with E-state index in [-0.39, 0.29) is 23.8 Å². The van der Waals surface area contributed by atoms with Crippen molar-refractivity contribution in [3.63, 3.8) is 0 Å². The number of ether oxygens (including phenoxy) is 2. The van der Waals surface area contributed by atoms with Gasteiger partial charge in [-0.1, -0.05) is 24.3 Å². The van der Waals surface area contributed by atoms with Gasteiger partial charge in [-0.15, -0.1) is 0 Å². The molecule has 2 fully saturated rings. The van der Waals surface area contributed by atoms with Crippen molar-refractivity contribution in [3.05, 3.63) is 59.2 Å². The zero-order valence-corrected chi connectivity index (χ0v) is 19.2. The molecule has 0 bridgehead atoms. The van der Waals surface area contributed by atoms with Crippen LogP contribution < -0.4 is 9.47 Å². The Morgan fingerprint density at radius 2 is 1.56 bits per heavy atom. The highest BCUT2D eigenvalue weighted by Crippen LogP contribution is 2.36. The van der Waals surface area contributed by atoms with Crippen molar-refractivity contribution in [1.82, 2.24) is 9.80 Å². The van der Waals surface area contributed by atoms with E-state index in [0.717, 1.165) is 19.4 Å². The first kappa shape index (κ1) is 22.2. The zero-order chi connectivity index (χ0) is 22.7. The maximum absolute atomic E-state index is 13.4. The van der Waals surface area contributed by atoms with Crippen LogP contribution in [0, 0.1) is 12.8 Å². The molecule has 2 heterocycles. The number of aryl methyl sites for hydroxylation is 1. The zero-order valence-electron chi connectivity index (χ0n) is 19.2. The molecule has 0 aliphatic carbocycles. The van der Waals surface area contributed by atoms with Crippen LogP contribution in [0.25, 0.3) is 0 Å². The fourth-order valence-corrected chi connectivity index (χ4v) is 4.99. The Labute approximate surface area is 190 Å². The second-order valence-corrected chi connectivity index (χ2v) is 8.71. The quantitative estimate of drug-likeness (QED) is 0.704. The highest BCUT2D eigenvalue weighted by atomic mass is 16.5. The first-order valence-corrected chi connectivity index (χ1v) is 11.4. The molecule has 2 saturated heterocycles. The fraction of sp³-hybridized carbons (Fsp3) is 0.462. The topological polar surface area (TPSA) is 59.1 Å². The first-order valence-electron chi connectivity index (χ1n) is 11.4. The lowest BCUT2D eigenvalue weighted by Crippen LogP contribution is -2.44. The van der Waals surface area contributed by atoms with Gasteiger partial charge in [-0.05, 0) is 55.9 Å². The number of amides is 2. The number of piperidine rings is 1. The Kier molecular flexibility index (Phi) is 6.68. The average molecular weight is 437 g/mol. The lowest BCUT2D eigenvalue weighted by molar-refractivity contribution is -0.137. The van der Waals surface area contributed by atoms with E-state index in [9.17, 15) is 9.59 Å². The summed E-state index contributed by atoms with van der Waals surface area (Å²) >= 11 is 0. The summed E-state index contributed by atoms with van der Waals surface area (Å²) in [6, 6.07) is 13.8. The Balaban J connectivity index is 1.41. The van der Waals surface area contributed by atoms with Gasteiger partial charge in [0.2, 0.25) is 5.91 Å². The molecule has 0 spiro atoms. The maximum Gasteiger partial charge on any atom is 0.254 e. The van der Waals surface area contributed by atoms with E-state index < -0.39 is 0 Å². The number of methoxy groups -OCH3 is 2. The van der Waals surface area contributed by atoms with E-state index in [1.54, 1.807) is 32.4 Å². The normalized spacial score (nSPS) is 19.2. The molecule has 6 nitrogen and oxygen atoms in total. The smallest absolute Gasteiger partial charge is 0.254 e. The second-order valence-electron chi connectivity index (χ2n) is 8.71. The third-order valence-electron chi connectivity index (χ3n) is 6.81. The van der Waals surface area contributed by atoms with E-state index >= 15 is 0 Å². The van der Waals surface area contributed by atoms with Gasteiger partial charge in [0.15, 0.2) is 0 Å². The molecule has 0 radical (unpaired) electrons. The molecule has 170 valence electrons. The Hall–Kier alpha value is -3.02. The molecule has 2 amide bonds. The van der Waals surface area contributed by atoms with E-state index in [4.69, 9.17) is 9.47 Å². The number of rotatable bonds is 5. The Morgan fingerprint density at radius 3 is 2.19 bits per heavy atom. The van der Waals surface area contributed by atoms with Crippen LogP contribution >= 0.6 is 0 Å². The summed E-state index contributed by atoms with van der Waals surface area (Å²) in [4.78, 5) is 30.4. The molecule has 2 aromatic carbocycles. The summed E-state index contributed by atoms with van der Waals surface area (Å²) in [7, 11) is 3.14. The van der Waals surface area contributed by atoms with Crippen molar-refractivity contribution in [1.29, 1.82) is 0 Å². The second kappa shape index (κ2) is 9.63. The maximum atomic E-state index is 13.4. The molecule has 2 aromatic rings. The summed E-state index contributed by atoms with van der Waals surface area (Å²) in [5, 5.41) is 0. The van der Waals surface area contributed by atoms with Gasteiger partial charge >= 0.3 is 0 Å². The average Bonchev–Trinajstić information content (AvgIpc) is 3.32. The summed E-state index contributed by atoms with van der Waals surface area (Å²) in [6.07, 6.45) is 3.46. The Morgan fingerprint density at radius 1 is 0.906 bits per heavy atom. The SMILES string of the molecule is COc1cc(OC)cc(C(=O)N2CCC(C(=O)N3CCCC3c3ccccc3C)CC2)c1. The Bertz CT molecular complexity index is 959. The molecule has 1 atom stereocenters. The number of carbonyl (C=O) groups excluding carboxylic acids is 2. The van der Waals surface area contributed by atoms with Gasteiger partial charge in [0.25, 0.3) is 5.91 Å². The van der Waals surface area contributed by atoms with Crippen molar-refractivity contribution in [2.24, 2.45) is 5.92 Å². The van der Waals surface area contributed by atoms with Crippen molar-refractivity contribution in [3.8, 4) is 11.5 Å². The third-order valence-corrected chi connectivity index (χ3v) is 6.81. The molecule has 4 rings (SSSR count). The van der Waals surface area contributed by atoms with Crippen molar-refractivity contribution < 1.29 is 19.1 Å². The molecule has 0 saturated carbocycles. The molecule has 6 heteroatoms. The van der Waals surface area contributed by atoms with E-state index in [1.807, 2.05) is 11.0 Å². The largest absolute Gasteiger partial charge is 0.497 e. The molecule has 2 aliphatic rings. The van der Waals surface area contributed by atoms with Crippen LogP contribution in [0.3, 0.4) is 0 Å². The van der Waals surface area contributed by atoms with E-state index in [1.165, 1.54) is 11.1 Å². The number of hydrogen-bond donors (Lipinski definition) is 0. The lowest BCUT2D eigenvalue weighted by atomic mass is 9.93. The summed E-state index contributed by atoms with van der Waals surface area (Å²) in [5.74, 6) is 1.35. The van der Waals surface area contributed by atoms with Crippen LogP contribution in [0.15, 0.2) is 42.5 Å². The fourth-order valence-electron chi connectivity index (χ4n) is 4.99.